The number of carbonyl (C=O) groups is 2. The van der Waals surface area contributed by atoms with Gasteiger partial charge in [0.05, 0.1) is 33.8 Å². The minimum Gasteiger partial charge on any atom is -0.756 e. The molecule has 0 aromatic carbocycles. The van der Waals surface area contributed by atoms with Crippen molar-refractivity contribution in [2.75, 3.05) is 40.9 Å². The molecule has 0 fully saturated rings. The van der Waals surface area contributed by atoms with Crippen LogP contribution in [0.15, 0.2) is 85.1 Å². The summed E-state index contributed by atoms with van der Waals surface area (Å²) < 4.78 is 30.2. The van der Waals surface area contributed by atoms with E-state index in [1.54, 1.807) is 0 Å². The van der Waals surface area contributed by atoms with Gasteiger partial charge in [0, 0.05) is 12.8 Å². The summed E-state index contributed by atoms with van der Waals surface area (Å²) in [4.78, 5) is 39.9. The first kappa shape index (κ1) is 70.2. The number of allylic oxidation sites excluding steroid dienone is 13. The molecule has 3 unspecified atom stereocenters. The number of phosphoric acid groups is 1. The van der Waals surface area contributed by atoms with Gasteiger partial charge < -0.3 is 28.5 Å². The Balaban J connectivity index is 5.29. The average Bonchev–Trinajstić information content (AvgIpc) is 3.35. The van der Waals surface area contributed by atoms with Gasteiger partial charge in [-0.15, -0.1) is 0 Å². The third kappa shape index (κ3) is 53.8. The van der Waals surface area contributed by atoms with Crippen LogP contribution in [-0.4, -0.2) is 69.4 Å². The van der Waals surface area contributed by atoms with Crippen LogP contribution in [0.3, 0.4) is 0 Å². The summed E-state index contributed by atoms with van der Waals surface area (Å²) in [5, 5.41) is 3.01. The van der Waals surface area contributed by atoms with E-state index < -0.39 is 26.6 Å². The lowest BCUT2D eigenvalue weighted by Gasteiger charge is -2.30. The highest BCUT2D eigenvalue weighted by molar-refractivity contribution is 7.45. The Morgan fingerprint density at radius 1 is 0.493 bits per heavy atom. The van der Waals surface area contributed by atoms with Crippen LogP contribution in [0.1, 0.15) is 252 Å². The smallest absolute Gasteiger partial charge is 0.306 e. The van der Waals surface area contributed by atoms with E-state index in [1.807, 2.05) is 33.3 Å². The zero-order valence-electron chi connectivity index (χ0n) is 48.1. The van der Waals surface area contributed by atoms with Crippen LogP contribution in [-0.2, 0) is 27.9 Å². The second kappa shape index (κ2) is 52.6. The zero-order chi connectivity index (χ0) is 53.6. The molecule has 9 nitrogen and oxygen atoms in total. The highest BCUT2D eigenvalue weighted by Crippen LogP contribution is 2.38. The topological polar surface area (TPSA) is 114 Å². The Bertz CT molecular complexity index is 1530. The van der Waals surface area contributed by atoms with E-state index in [1.165, 1.54) is 96.3 Å². The second-order valence-electron chi connectivity index (χ2n) is 21.1. The predicted molar refractivity (Wildman–Crippen MR) is 311 cm³/mol. The molecule has 0 saturated carbocycles. The van der Waals surface area contributed by atoms with Gasteiger partial charge in [-0.25, -0.2) is 0 Å². The number of esters is 1. The number of unbranched alkanes of at least 4 members (excludes halogenated alkanes) is 25. The number of nitrogens with zero attached hydrogens (tertiary/aromatic N) is 1. The van der Waals surface area contributed by atoms with Gasteiger partial charge in [0.1, 0.15) is 19.3 Å². The van der Waals surface area contributed by atoms with Crippen molar-refractivity contribution in [1.29, 1.82) is 0 Å². The lowest BCUT2D eigenvalue weighted by Crippen LogP contribution is -2.47. The quantitative estimate of drug-likeness (QED) is 0.0212. The standard InChI is InChI=1S/C63H113N2O7P/c1-7-10-13-16-19-22-25-27-29-30-31-32-33-34-36-37-40-43-46-49-52-55-62(66)64-60(59-71-73(68,69)70-58-57-65(4,5)6)61(54-51-48-45-42-39-24-21-18-15-12-9-3)72-63(67)56-53-50-47-44-41-38-35-28-26-23-20-17-14-11-8-2/h10,13,19,22-23,26-27,29,31-32,34,36,51,54,60-61H,7-9,11-12,14-18,20-21,24-25,28,30,33,35,37-50,52-53,55-59H2,1-6H3,(H-,64,66,68,69)/b13-10-,22-19-,26-23-,29-27-,32-31-,36-34-,54-51-. The fourth-order valence-electron chi connectivity index (χ4n) is 8.19. The van der Waals surface area contributed by atoms with Crippen molar-refractivity contribution in [3.8, 4) is 0 Å². The largest absolute Gasteiger partial charge is 0.756 e. The fourth-order valence-corrected chi connectivity index (χ4v) is 8.91. The van der Waals surface area contributed by atoms with E-state index in [9.17, 15) is 19.0 Å². The highest BCUT2D eigenvalue weighted by atomic mass is 31.2. The zero-order valence-corrected chi connectivity index (χ0v) is 49.0. The molecule has 3 atom stereocenters. The van der Waals surface area contributed by atoms with E-state index in [2.05, 4.69) is 99.0 Å². The predicted octanol–water partition coefficient (Wildman–Crippen LogP) is 17.6. The number of nitrogens with one attached hydrogen (secondary N) is 1. The van der Waals surface area contributed by atoms with Gasteiger partial charge in [-0.2, -0.15) is 0 Å². The van der Waals surface area contributed by atoms with Gasteiger partial charge >= 0.3 is 5.97 Å². The Labute approximate surface area is 450 Å². The molecule has 0 aromatic heterocycles. The molecule has 422 valence electrons. The number of quaternary nitrogens is 1. The number of rotatable bonds is 53. The first-order valence-corrected chi connectivity index (χ1v) is 31.4. The SMILES string of the molecule is CC/C=C\C/C=C\C/C=C\C/C=C\C/C=C\CCCCCCCC(=O)NC(COP(=O)([O-])OCC[N+](C)(C)C)C(/C=C\CCCCCCCCCCC)OC(=O)CCCCCCCCC/C=C\CCCCCC. The summed E-state index contributed by atoms with van der Waals surface area (Å²) in [7, 11) is 1.16. The average molecular weight is 1040 g/mol. The molecule has 0 radical (unpaired) electrons. The van der Waals surface area contributed by atoms with Crippen molar-refractivity contribution in [3.05, 3.63) is 85.1 Å². The molecular weight excluding hydrogens is 928 g/mol. The molecule has 73 heavy (non-hydrogen) atoms. The van der Waals surface area contributed by atoms with E-state index >= 15 is 0 Å². The van der Waals surface area contributed by atoms with E-state index in [4.69, 9.17) is 13.8 Å². The van der Waals surface area contributed by atoms with Gasteiger partial charge in [0.15, 0.2) is 0 Å². The molecule has 0 aliphatic heterocycles. The van der Waals surface area contributed by atoms with Gasteiger partial charge in [0.25, 0.3) is 7.82 Å². The maximum atomic E-state index is 13.5. The van der Waals surface area contributed by atoms with Crippen molar-refractivity contribution >= 4 is 19.7 Å². The number of amides is 1. The first-order valence-electron chi connectivity index (χ1n) is 29.9. The normalized spacial score (nSPS) is 14.3. The van der Waals surface area contributed by atoms with Crippen LogP contribution in [0.4, 0.5) is 0 Å². The number of phosphoric ester groups is 1. The first-order chi connectivity index (χ1) is 35.4. The number of hydrogen-bond acceptors (Lipinski definition) is 7. The Hall–Kier alpha value is -2.81. The summed E-state index contributed by atoms with van der Waals surface area (Å²) >= 11 is 0. The van der Waals surface area contributed by atoms with Crippen LogP contribution in [0.5, 0.6) is 0 Å². The maximum absolute atomic E-state index is 13.5. The molecule has 1 amide bonds. The lowest BCUT2D eigenvalue weighted by molar-refractivity contribution is -0.870. The van der Waals surface area contributed by atoms with Crippen LogP contribution in [0, 0.1) is 0 Å². The number of ether oxygens (including phenoxy) is 1. The van der Waals surface area contributed by atoms with Crippen molar-refractivity contribution in [1.82, 2.24) is 5.32 Å². The van der Waals surface area contributed by atoms with Gasteiger partial charge in [-0.3, -0.25) is 14.2 Å². The summed E-state index contributed by atoms with van der Waals surface area (Å²) in [5.41, 5.74) is 0. The number of carbonyl (C=O) groups excluding carboxylic acids is 2. The summed E-state index contributed by atoms with van der Waals surface area (Å²) in [6.45, 7) is 6.69. The highest BCUT2D eigenvalue weighted by Gasteiger charge is 2.27. The molecule has 0 heterocycles. The molecule has 0 rings (SSSR count). The Morgan fingerprint density at radius 2 is 0.877 bits per heavy atom. The number of likely N-dealkylation sites (N-methyl/N-ethyl adjacent to an activating group) is 1. The molecule has 0 bridgehead atoms. The third-order valence-corrected chi connectivity index (χ3v) is 13.8. The third-order valence-electron chi connectivity index (χ3n) is 12.8. The Kier molecular flexibility index (Phi) is 50.6. The maximum Gasteiger partial charge on any atom is 0.306 e. The lowest BCUT2D eigenvalue weighted by atomic mass is 10.1. The molecule has 0 aliphatic carbocycles. The summed E-state index contributed by atoms with van der Waals surface area (Å²) in [6, 6.07) is -0.903. The number of hydrogen-bond donors (Lipinski definition) is 1. The van der Waals surface area contributed by atoms with Crippen LogP contribution in [0.25, 0.3) is 0 Å². The van der Waals surface area contributed by atoms with Crippen molar-refractivity contribution in [2.45, 2.75) is 264 Å². The minimum atomic E-state index is -4.70. The molecular formula is C63H113N2O7P. The molecule has 0 aliphatic rings. The van der Waals surface area contributed by atoms with E-state index in [-0.39, 0.29) is 24.9 Å². The molecule has 0 aromatic rings. The van der Waals surface area contributed by atoms with Crippen molar-refractivity contribution in [2.24, 2.45) is 0 Å². The van der Waals surface area contributed by atoms with Crippen LogP contribution >= 0.6 is 7.82 Å². The monoisotopic (exact) mass is 1040 g/mol. The van der Waals surface area contributed by atoms with E-state index in [0.29, 0.717) is 23.9 Å². The van der Waals surface area contributed by atoms with Gasteiger partial charge in [-0.05, 0) is 102 Å². The molecule has 0 spiro atoms. The van der Waals surface area contributed by atoms with Crippen molar-refractivity contribution in [3.63, 3.8) is 0 Å². The van der Waals surface area contributed by atoms with Crippen LogP contribution < -0.4 is 10.2 Å². The Morgan fingerprint density at radius 3 is 1.34 bits per heavy atom. The molecule has 0 saturated heterocycles. The molecule has 1 N–H and O–H groups in total. The second-order valence-corrected chi connectivity index (χ2v) is 22.5. The fraction of sp³-hybridized carbons (Fsp3) is 0.746. The van der Waals surface area contributed by atoms with Crippen LogP contribution in [0.2, 0.25) is 0 Å². The summed E-state index contributed by atoms with van der Waals surface area (Å²) in [5.74, 6) is -0.571. The summed E-state index contributed by atoms with van der Waals surface area (Å²) in [6.07, 6.45) is 68.3. The van der Waals surface area contributed by atoms with Crippen molar-refractivity contribution < 1.29 is 37.3 Å². The van der Waals surface area contributed by atoms with Gasteiger partial charge in [-0.1, -0.05) is 222 Å². The molecule has 10 heteroatoms. The van der Waals surface area contributed by atoms with E-state index in [0.717, 1.165) is 116 Å². The minimum absolute atomic E-state index is 0.0305. The van der Waals surface area contributed by atoms with Gasteiger partial charge in [0.2, 0.25) is 5.91 Å².